The Hall–Kier alpha value is -2.17. The molecule has 0 fully saturated rings. The van der Waals surface area contributed by atoms with E-state index >= 15 is 0 Å². The number of hydrogen-bond donors (Lipinski definition) is 1. The first kappa shape index (κ1) is 13.3. The van der Waals surface area contributed by atoms with Crippen molar-refractivity contribution in [2.45, 2.75) is 20.8 Å². The second kappa shape index (κ2) is 5.65. The highest BCUT2D eigenvalue weighted by atomic mass is 19.1. The minimum absolute atomic E-state index is 0.340. The summed E-state index contributed by atoms with van der Waals surface area (Å²) in [7, 11) is 0. The zero-order valence-corrected chi connectivity index (χ0v) is 11.2. The molecule has 0 amide bonds. The van der Waals surface area contributed by atoms with E-state index in [1.165, 1.54) is 12.1 Å². The summed E-state index contributed by atoms with van der Waals surface area (Å²) < 4.78 is 18.8. The first-order valence-electron chi connectivity index (χ1n) is 6.12. The zero-order chi connectivity index (χ0) is 13.8. The molecule has 2 aromatic rings. The third-order valence-corrected chi connectivity index (χ3v) is 2.57. The van der Waals surface area contributed by atoms with Crippen LogP contribution in [0.1, 0.15) is 18.3 Å². The van der Waals surface area contributed by atoms with Gasteiger partial charge in [-0.1, -0.05) is 6.07 Å². The van der Waals surface area contributed by atoms with Crippen LogP contribution in [0.5, 0.6) is 11.6 Å². The van der Waals surface area contributed by atoms with E-state index in [1.807, 2.05) is 13.8 Å². The van der Waals surface area contributed by atoms with Crippen molar-refractivity contribution in [1.82, 2.24) is 9.97 Å². The van der Waals surface area contributed by atoms with Crippen LogP contribution in [0.15, 0.2) is 24.3 Å². The van der Waals surface area contributed by atoms with E-state index in [0.29, 0.717) is 17.5 Å². The van der Waals surface area contributed by atoms with Gasteiger partial charge in [0, 0.05) is 12.6 Å². The summed E-state index contributed by atoms with van der Waals surface area (Å²) in [5, 5.41) is 3.15. The Bertz CT molecular complexity index is 587. The molecule has 0 saturated heterocycles. The number of aryl methyl sites for hydroxylation is 1. The molecular formula is C14H16FN3O. The van der Waals surface area contributed by atoms with Gasteiger partial charge in [-0.3, -0.25) is 0 Å². The van der Waals surface area contributed by atoms with Gasteiger partial charge in [0.25, 0.3) is 0 Å². The lowest BCUT2D eigenvalue weighted by atomic mass is 10.3. The van der Waals surface area contributed by atoms with E-state index in [1.54, 1.807) is 19.1 Å². The van der Waals surface area contributed by atoms with Crippen molar-refractivity contribution in [2.75, 3.05) is 11.9 Å². The predicted octanol–water partition coefficient (Wildman–Crippen LogP) is 3.46. The van der Waals surface area contributed by atoms with Crippen molar-refractivity contribution >= 4 is 5.82 Å². The Morgan fingerprint density at radius 2 is 2.05 bits per heavy atom. The van der Waals surface area contributed by atoms with Crippen molar-refractivity contribution in [1.29, 1.82) is 0 Å². The molecule has 1 aromatic carbocycles. The van der Waals surface area contributed by atoms with Gasteiger partial charge in [0.05, 0.1) is 5.56 Å². The Labute approximate surface area is 111 Å². The smallest absolute Gasteiger partial charge is 0.227 e. The number of nitrogens with one attached hydrogen (secondary N) is 1. The average Bonchev–Trinajstić information content (AvgIpc) is 2.35. The standard InChI is InChI=1S/C14H16FN3O/c1-4-16-13-9(2)14(18-10(3)17-13)19-12-7-5-6-11(15)8-12/h5-8H,4H2,1-3H3,(H,16,17,18). The maximum Gasteiger partial charge on any atom is 0.227 e. The van der Waals surface area contributed by atoms with Crippen LogP contribution >= 0.6 is 0 Å². The molecule has 0 aliphatic heterocycles. The van der Waals surface area contributed by atoms with Gasteiger partial charge in [-0.15, -0.1) is 0 Å². The largest absolute Gasteiger partial charge is 0.438 e. The Kier molecular flexibility index (Phi) is 3.94. The first-order chi connectivity index (χ1) is 9.10. The number of aromatic nitrogens is 2. The fraction of sp³-hybridized carbons (Fsp3) is 0.286. The Morgan fingerprint density at radius 3 is 2.74 bits per heavy atom. The third kappa shape index (κ3) is 3.19. The van der Waals surface area contributed by atoms with E-state index in [-0.39, 0.29) is 5.82 Å². The summed E-state index contributed by atoms with van der Waals surface area (Å²) >= 11 is 0. The van der Waals surface area contributed by atoms with E-state index in [0.717, 1.165) is 17.9 Å². The van der Waals surface area contributed by atoms with Gasteiger partial charge in [-0.2, -0.15) is 4.98 Å². The van der Waals surface area contributed by atoms with Crippen LogP contribution in [-0.4, -0.2) is 16.5 Å². The Morgan fingerprint density at radius 1 is 1.26 bits per heavy atom. The van der Waals surface area contributed by atoms with Crippen LogP contribution in [0, 0.1) is 19.7 Å². The molecule has 0 atom stereocenters. The van der Waals surface area contributed by atoms with Gasteiger partial charge in [0.1, 0.15) is 23.2 Å². The molecule has 19 heavy (non-hydrogen) atoms. The highest BCUT2D eigenvalue weighted by molar-refractivity contribution is 5.49. The maximum atomic E-state index is 13.1. The number of hydrogen-bond acceptors (Lipinski definition) is 4. The summed E-state index contributed by atoms with van der Waals surface area (Å²) in [5.74, 6) is 1.86. The summed E-state index contributed by atoms with van der Waals surface area (Å²) in [4.78, 5) is 8.55. The third-order valence-electron chi connectivity index (χ3n) is 2.57. The Balaban J connectivity index is 2.34. The molecule has 1 N–H and O–H groups in total. The molecule has 5 heteroatoms. The molecule has 2 rings (SSSR count). The highest BCUT2D eigenvalue weighted by Gasteiger charge is 2.11. The lowest BCUT2D eigenvalue weighted by Gasteiger charge is -2.12. The highest BCUT2D eigenvalue weighted by Crippen LogP contribution is 2.27. The topological polar surface area (TPSA) is 47.0 Å². The van der Waals surface area contributed by atoms with Crippen molar-refractivity contribution in [3.05, 3.63) is 41.5 Å². The number of benzene rings is 1. The fourth-order valence-electron chi connectivity index (χ4n) is 1.68. The van der Waals surface area contributed by atoms with Crippen LogP contribution in [0.2, 0.25) is 0 Å². The zero-order valence-electron chi connectivity index (χ0n) is 11.2. The molecule has 0 aliphatic carbocycles. The SMILES string of the molecule is CCNc1nc(C)nc(Oc2cccc(F)c2)c1C. The van der Waals surface area contributed by atoms with Crippen LogP contribution in [0.3, 0.4) is 0 Å². The van der Waals surface area contributed by atoms with E-state index in [4.69, 9.17) is 4.74 Å². The molecule has 0 saturated carbocycles. The van der Waals surface area contributed by atoms with Gasteiger partial charge in [-0.25, -0.2) is 9.37 Å². The lowest BCUT2D eigenvalue weighted by Crippen LogP contribution is -2.06. The quantitative estimate of drug-likeness (QED) is 0.915. The number of rotatable bonds is 4. The molecule has 0 aliphatic rings. The summed E-state index contributed by atoms with van der Waals surface area (Å²) in [6.07, 6.45) is 0. The number of anilines is 1. The minimum Gasteiger partial charge on any atom is -0.438 e. The van der Waals surface area contributed by atoms with E-state index in [9.17, 15) is 4.39 Å². The molecule has 0 radical (unpaired) electrons. The predicted molar refractivity (Wildman–Crippen MR) is 72.1 cm³/mol. The van der Waals surface area contributed by atoms with Crippen molar-refractivity contribution in [3.63, 3.8) is 0 Å². The number of ether oxygens (including phenoxy) is 1. The van der Waals surface area contributed by atoms with Gasteiger partial charge < -0.3 is 10.1 Å². The second-order valence-electron chi connectivity index (χ2n) is 4.14. The van der Waals surface area contributed by atoms with Gasteiger partial charge >= 0.3 is 0 Å². The van der Waals surface area contributed by atoms with Crippen molar-refractivity contribution in [2.24, 2.45) is 0 Å². The summed E-state index contributed by atoms with van der Waals surface area (Å²) in [6, 6.07) is 5.98. The van der Waals surface area contributed by atoms with Crippen LogP contribution < -0.4 is 10.1 Å². The van der Waals surface area contributed by atoms with E-state index in [2.05, 4.69) is 15.3 Å². The molecule has 0 bridgehead atoms. The number of nitrogens with zero attached hydrogens (tertiary/aromatic N) is 2. The van der Waals surface area contributed by atoms with Gasteiger partial charge in [0.15, 0.2) is 0 Å². The molecule has 0 spiro atoms. The summed E-state index contributed by atoms with van der Waals surface area (Å²) in [6.45, 7) is 6.41. The van der Waals surface area contributed by atoms with Crippen LogP contribution in [-0.2, 0) is 0 Å². The monoisotopic (exact) mass is 261 g/mol. The average molecular weight is 261 g/mol. The van der Waals surface area contributed by atoms with E-state index < -0.39 is 0 Å². The molecule has 100 valence electrons. The number of halogens is 1. The lowest BCUT2D eigenvalue weighted by molar-refractivity contribution is 0.451. The van der Waals surface area contributed by atoms with Gasteiger partial charge in [0.2, 0.25) is 5.88 Å². The first-order valence-corrected chi connectivity index (χ1v) is 6.12. The van der Waals surface area contributed by atoms with Crippen molar-refractivity contribution in [3.8, 4) is 11.6 Å². The molecule has 1 aromatic heterocycles. The molecule has 0 unspecified atom stereocenters. The van der Waals surface area contributed by atoms with Crippen LogP contribution in [0.4, 0.5) is 10.2 Å². The van der Waals surface area contributed by atoms with Crippen LogP contribution in [0.25, 0.3) is 0 Å². The molecule has 1 heterocycles. The molecule has 4 nitrogen and oxygen atoms in total. The van der Waals surface area contributed by atoms with Gasteiger partial charge in [-0.05, 0) is 32.9 Å². The second-order valence-corrected chi connectivity index (χ2v) is 4.14. The fourth-order valence-corrected chi connectivity index (χ4v) is 1.68. The minimum atomic E-state index is -0.340. The maximum absolute atomic E-state index is 13.1. The summed E-state index contributed by atoms with van der Waals surface area (Å²) in [5.41, 5.74) is 0.803. The van der Waals surface area contributed by atoms with Crippen molar-refractivity contribution < 1.29 is 9.13 Å². The normalized spacial score (nSPS) is 10.3. The molecular weight excluding hydrogens is 245 g/mol.